The second-order valence-corrected chi connectivity index (χ2v) is 8.12. The van der Waals surface area contributed by atoms with Gasteiger partial charge in [-0.3, -0.25) is 4.79 Å². The maximum Gasteiger partial charge on any atom is 0.306 e. The van der Waals surface area contributed by atoms with Crippen molar-refractivity contribution in [2.75, 3.05) is 0 Å². The molecule has 2 atom stereocenters. The minimum absolute atomic E-state index is 0. The van der Waals surface area contributed by atoms with Crippen molar-refractivity contribution in [2.24, 2.45) is 0 Å². The minimum Gasteiger partial charge on any atom is -0.481 e. The van der Waals surface area contributed by atoms with Gasteiger partial charge < -0.3 is 5.11 Å². The van der Waals surface area contributed by atoms with Crippen LogP contribution < -0.4 is 0 Å². The molecule has 0 aromatic heterocycles. The summed E-state index contributed by atoms with van der Waals surface area (Å²) in [6, 6.07) is 0. The zero-order valence-corrected chi connectivity index (χ0v) is 17.4. The third kappa shape index (κ3) is 12.1. The molecule has 0 aromatic rings. The van der Waals surface area contributed by atoms with Crippen molar-refractivity contribution >= 4 is 5.97 Å². The van der Waals surface area contributed by atoms with Crippen LogP contribution in [0.3, 0.4) is 0 Å². The zero-order valence-electron chi connectivity index (χ0n) is 17.4. The highest BCUT2D eigenvalue weighted by atomic mass is 17.2. The van der Waals surface area contributed by atoms with Gasteiger partial charge in [-0.25, -0.2) is 9.78 Å². The molecule has 0 spiro atoms. The Hall–Kier alpha value is -1.39. The average Bonchev–Trinajstić information content (AvgIpc) is 2.89. The van der Waals surface area contributed by atoms with Crippen molar-refractivity contribution in [3.63, 3.8) is 0 Å². The Morgan fingerprint density at radius 2 is 1.46 bits per heavy atom. The summed E-state index contributed by atoms with van der Waals surface area (Å²) in [7, 11) is 0. The summed E-state index contributed by atoms with van der Waals surface area (Å²) in [6.07, 6.45) is 23.9. The molecule has 4 nitrogen and oxygen atoms in total. The Kier molecular flexibility index (Phi) is 13.9. The van der Waals surface area contributed by atoms with Crippen LogP contribution >= 0.6 is 0 Å². The molecule has 0 radical (unpaired) electrons. The number of carboxylic acid groups (broad SMARTS) is 1. The van der Waals surface area contributed by atoms with E-state index in [4.69, 9.17) is 14.9 Å². The van der Waals surface area contributed by atoms with E-state index in [9.17, 15) is 4.79 Å². The summed E-state index contributed by atoms with van der Waals surface area (Å²) in [5, 5.41) is 8.97. The summed E-state index contributed by atoms with van der Waals surface area (Å²) < 4.78 is 0. The lowest BCUT2D eigenvalue weighted by molar-refractivity contribution is -0.345. The molecule has 28 heavy (non-hydrogen) atoms. The second kappa shape index (κ2) is 14.6. The van der Waals surface area contributed by atoms with E-state index in [1.165, 1.54) is 32.1 Å². The van der Waals surface area contributed by atoms with Gasteiger partial charge in [-0.15, -0.1) is 0 Å². The van der Waals surface area contributed by atoms with E-state index in [-0.39, 0.29) is 19.4 Å². The van der Waals surface area contributed by atoms with Crippen LogP contribution in [0.1, 0.15) is 98.8 Å². The molecular weight excluding hydrogens is 352 g/mol. The summed E-state index contributed by atoms with van der Waals surface area (Å²) in [6.45, 7) is 5.98. The van der Waals surface area contributed by atoms with Gasteiger partial charge in [-0.05, 0) is 39.5 Å². The van der Waals surface area contributed by atoms with Crippen LogP contribution in [0.4, 0.5) is 0 Å². The molecule has 0 bridgehead atoms. The summed E-state index contributed by atoms with van der Waals surface area (Å²) in [5.41, 5.74) is -1.05. The SMILES string of the molecule is C.CC/C=C/C=C/C=C/CCCCCCCC[C@]1(C)C[C@](C)(CC(=O)O)OO1. The number of aliphatic carboxylic acids is 1. The first-order valence-electron chi connectivity index (χ1n) is 10.5. The lowest BCUT2D eigenvalue weighted by Crippen LogP contribution is -2.30. The molecular formula is C24H42O4. The van der Waals surface area contributed by atoms with Gasteiger partial charge in [0.2, 0.25) is 0 Å². The number of carbonyl (C=O) groups is 1. The van der Waals surface area contributed by atoms with Gasteiger partial charge in [0.1, 0.15) is 11.2 Å². The van der Waals surface area contributed by atoms with Crippen LogP contribution in [-0.4, -0.2) is 22.3 Å². The fourth-order valence-electron chi connectivity index (χ4n) is 3.58. The summed E-state index contributed by atoms with van der Waals surface area (Å²) in [5.74, 6) is -0.843. The number of hydrogen-bond donors (Lipinski definition) is 1. The highest BCUT2D eigenvalue weighted by molar-refractivity contribution is 5.68. The Balaban J connectivity index is 0.00000729. The molecule has 1 heterocycles. The summed E-state index contributed by atoms with van der Waals surface area (Å²) in [4.78, 5) is 21.8. The van der Waals surface area contributed by atoms with Crippen molar-refractivity contribution < 1.29 is 19.7 Å². The number of hydrogen-bond acceptors (Lipinski definition) is 3. The van der Waals surface area contributed by atoms with E-state index in [1.807, 2.05) is 13.8 Å². The quantitative estimate of drug-likeness (QED) is 0.193. The molecule has 1 N–H and O–H groups in total. The molecule has 0 aliphatic carbocycles. The molecule has 1 saturated heterocycles. The van der Waals surface area contributed by atoms with Gasteiger partial charge in [-0.2, -0.15) is 0 Å². The topological polar surface area (TPSA) is 55.8 Å². The van der Waals surface area contributed by atoms with Crippen molar-refractivity contribution in [1.82, 2.24) is 0 Å². The molecule has 0 saturated carbocycles. The molecule has 1 aliphatic heterocycles. The van der Waals surface area contributed by atoms with Crippen LogP contribution in [0.25, 0.3) is 0 Å². The second-order valence-electron chi connectivity index (χ2n) is 8.12. The van der Waals surface area contributed by atoms with Crippen LogP contribution in [0.2, 0.25) is 0 Å². The number of rotatable bonds is 14. The van der Waals surface area contributed by atoms with Crippen LogP contribution in [0.15, 0.2) is 36.5 Å². The van der Waals surface area contributed by atoms with Crippen molar-refractivity contribution in [3.8, 4) is 0 Å². The Bertz CT molecular complexity index is 509. The van der Waals surface area contributed by atoms with Crippen LogP contribution in [0, 0.1) is 0 Å². The predicted octanol–water partition coefficient (Wildman–Crippen LogP) is 7.17. The van der Waals surface area contributed by atoms with Gasteiger partial charge >= 0.3 is 5.97 Å². The van der Waals surface area contributed by atoms with Crippen LogP contribution in [-0.2, 0) is 14.6 Å². The standard InChI is InChI=1S/C23H38O4.CH4/c1-4-5-6-7-8-9-10-11-12-13-14-15-16-17-18-22(2)20-23(3,27-26-22)19-21(24)25;/h5-10H,4,11-20H2,1-3H3,(H,24,25);1H4/b6-5+,8-7+,10-9+;/t22-,23+;/m1./s1. The molecule has 1 rings (SSSR count). The van der Waals surface area contributed by atoms with E-state index in [0.29, 0.717) is 6.42 Å². The van der Waals surface area contributed by atoms with Gasteiger partial charge in [0.15, 0.2) is 0 Å². The molecule has 1 fully saturated rings. The molecule has 0 aromatic carbocycles. The van der Waals surface area contributed by atoms with Gasteiger partial charge in [0.25, 0.3) is 0 Å². The highest BCUT2D eigenvalue weighted by Gasteiger charge is 2.47. The van der Waals surface area contributed by atoms with Crippen molar-refractivity contribution in [2.45, 2.75) is 110 Å². The van der Waals surface area contributed by atoms with E-state index in [1.54, 1.807) is 0 Å². The fraction of sp³-hybridized carbons (Fsp3) is 0.708. The predicted molar refractivity (Wildman–Crippen MR) is 117 cm³/mol. The fourth-order valence-corrected chi connectivity index (χ4v) is 3.58. The molecule has 4 heteroatoms. The third-order valence-corrected chi connectivity index (χ3v) is 4.88. The van der Waals surface area contributed by atoms with E-state index < -0.39 is 11.6 Å². The first kappa shape index (κ1) is 26.6. The Morgan fingerprint density at radius 1 is 0.893 bits per heavy atom. The molecule has 0 unspecified atom stereocenters. The first-order chi connectivity index (χ1) is 12.9. The minimum atomic E-state index is -0.843. The monoisotopic (exact) mass is 394 g/mol. The Labute approximate surface area is 172 Å². The lowest BCUT2D eigenvalue weighted by atomic mass is 9.85. The molecule has 162 valence electrons. The highest BCUT2D eigenvalue weighted by Crippen LogP contribution is 2.40. The van der Waals surface area contributed by atoms with Gasteiger partial charge in [0.05, 0.1) is 6.42 Å². The average molecular weight is 395 g/mol. The van der Waals surface area contributed by atoms with E-state index in [0.717, 1.165) is 25.7 Å². The maximum absolute atomic E-state index is 10.9. The number of allylic oxidation sites excluding steroid dienone is 6. The number of carboxylic acids is 1. The van der Waals surface area contributed by atoms with Gasteiger partial charge in [-0.1, -0.05) is 82.9 Å². The van der Waals surface area contributed by atoms with Gasteiger partial charge in [0, 0.05) is 6.42 Å². The third-order valence-electron chi connectivity index (χ3n) is 4.88. The zero-order chi connectivity index (χ0) is 20.0. The molecule has 1 aliphatic rings. The van der Waals surface area contributed by atoms with Crippen LogP contribution in [0.5, 0.6) is 0 Å². The van der Waals surface area contributed by atoms with Crippen molar-refractivity contribution in [1.29, 1.82) is 0 Å². The number of unbranched alkanes of at least 4 members (excludes halogenated alkanes) is 6. The molecule has 0 amide bonds. The van der Waals surface area contributed by atoms with Crippen molar-refractivity contribution in [3.05, 3.63) is 36.5 Å². The maximum atomic E-state index is 10.9. The lowest BCUT2D eigenvalue weighted by Gasteiger charge is -2.21. The Morgan fingerprint density at radius 3 is 2.11 bits per heavy atom. The normalized spacial score (nSPS) is 25.1. The van der Waals surface area contributed by atoms with E-state index >= 15 is 0 Å². The summed E-state index contributed by atoms with van der Waals surface area (Å²) >= 11 is 0. The van der Waals surface area contributed by atoms with E-state index in [2.05, 4.69) is 43.4 Å². The smallest absolute Gasteiger partial charge is 0.306 e. The largest absolute Gasteiger partial charge is 0.481 e. The first-order valence-corrected chi connectivity index (χ1v) is 10.5.